The predicted molar refractivity (Wildman–Crippen MR) is 165 cm³/mol. The van der Waals surface area contributed by atoms with Gasteiger partial charge < -0.3 is 18.6 Å². The van der Waals surface area contributed by atoms with Crippen LogP contribution in [-0.2, 0) is 49.8 Å². The van der Waals surface area contributed by atoms with Crippen LogP contribution in [0.5, 0.6) is 0 Å². The highest BCUT2D eigenvalue weighted by molar-refractivity contribution is 7.91. The molecular formula is C29H34B2F6O9S2. The molecule has 0 spiro atoms. The van der Waals surface area contributed by atoms with E-state index < -0.39 is 84.6 Å². The molecule has 264 valence electrons. The van der Waals surface area contributed by atoms with E-state index in [2.05, 4.69) is 0 Å². The van der Waals surface area contributed by atoms with Crippen molar-refractivity contribution in [2.45, 2.75) is 100 Å². The fraction of sp³-hybridized carbons (Fsp3) is 0.552. The van der Waals surface area contributed by atoms with E-state index >= 15 is 0 Å². The molecule has 4 rings (SSSR count). The van der Waals surface area contributed by atoms with Crippen molar-refractivity contribution in [3.8, 4) is 0 Å². The van der Waals surface area contributed by atoms with E-state index in [0.29, 0.717) is 0 Å². The summed E-state index contributed by atoms with van der Waals surface area (Å²) in [4.78, 5) is 14.3. The first-order chi connectivity index (χ1) is 21.4. The Morgan fingerprint density at radius 1 is 0.583 bits per heavy atom. The topological polar surface area (TPSA) is 122 Å². The minimum absolute atomic E-state index is 0.114. The van der Waals surface area contributed by atoms with Crippen molar-refractivity contribution >= 4 is 50.6 Å². The molecule has 0 atom stereocenters. The highest BCUT2D eigenvalue weighted by Crippen LogP contribution is 2.39. The highest BCUT2D eigenvalue weighted by atomic mass is 32.2. The van der Waals surface area contributed by atoms with Crippen molar-refractivity contribution in [1.29, 1.82) is 0 Å². The summed E-state index contributed by atoms with van der Waals surface area (Å²) < 4.78 is 152. The molecule has 2 aliphatic rings. The summed E-state index contributed by atoms with van der Waals surface area (Å²) in [6.45, 7) is 13.4. The van der Waals surface area contributed by atoms with Gasteiger partial charge in [0.05, 0.1) is 33.9 Å². The SMILES string of the molecule is CC1(C)OB(c2cc(CS(=O)(=O)C(F)(F)F)ccc2C(=O)c2ccc(CS(=O)(=O)C(F)(F)F)cc2B2OC(C)(C)C(C)(C)O2)OC1(C)C. The lowest BCUT2D eigenvalue weighted by Crippen LogP contribution is -2.42. The smallest absolute Gasteiger partial charge is 0.399 e. The summed E-state index contributed by atoms with van der Waals surface area (Å²) in [6.07, 6.45) is 0. The number of alkyl halides is 6. The van der Waals surface area contributed by atoms with Crippen LogP contribution in [0.25, 0.3) is 0 Å². The van der Waals surface area contributed by atoms with E-state index in [0.717, 1.165) is 36.4 Å². The molecule has 0 unspecified atom stereocenters. The molecule has 19 heteroatoms. The lowest BCUT2D eigenvalue weighted by Gasteiger charge is -2.32. The van der Waals surface area contributed by atoms with Gasteiger partial charge in [0.1, 0.15) is 0 Å². The van der Waals surface area contributed by atoms with Crippen molar-refractivity contribution in [2.24, 2.45) is 0 Å². The Labute approximate surface area is 275 Å². The average molecular weight is 726 g/mol. The minimum atomic E-state index is -5.62. The molecule has 0 radical (unpaired) electrons. The monoisotopic (exact) mass is 726 g/mol. The Hall–Kier alpha value is -2.44. The molecule has 2 aromatic carbocycles. The fourth-order valence-electron chi connectivity index (χ4n) is 4.90. The van der Waals surface area contributed by atoms with Crippen LogP contribution in [0.3, 0.4) is 0 Å². The van der Waals surface area contributed by atoms with Crippen molar-refractivity contribution in [3.05, 3.63) is 58.7 Å². The van der Waals surface area contributed by atoms with Gasteiger partial charge in [0.25, 0.3) is 19.7 Å². The number of carbonyl (C=O) groups excluding carboxylic acids is 1. The number of sulfone groups is 2. The Bertz CT molecular complexity index is 1670. The molecule has 48 heavy (non-hydrogen) atoms. The highest BCUT2D eigenvalue weighted by Gasteiger charge is 2.55. The largest absolute Gasteiger partial charge is 0.497 e. The summed E-state index contributed by atoms with van der Waals surface area (Å²) in [5, 5.41) is 0. The summed E-state index contributed by atoms with van der Waals surface area (Å²) in [5.41, 5.74) is -16.4. The number of benzene rings is 2. The van der Waals surface area contributed by atoms with Crippen molar-refractivity contribution in [2.75, 3.05) is 0 Å². The maximum Gasteiger partial charge on any atom is 0.497 e. The van der Waals surface area contributed by atoms with Gasteiger partial charge in [-0.2, -0.15) is 26.3 Å². The van der Waals surface area contributed by atoms with Crippen LogP contribution < -0.4 is 10.9 Å². The summed E-state index contributed by atoms with van der Waals surface area (Å²) in [5.74, 6) is -3.72. The van der Waals surface area contributed by atoms with Crippen LogP contribution in [0.2, 0.25) is 0 Å². The van der Waals surface area contributed by atoms with Gasteiger partial charge in [-0.1, -0.05) is 36.4 Å². The minimum Gasteiger partial charge on any atom is -0.399 e. The molecule has 0 N–H and O–H groups in total. The summed E-state index contributed by atoms with van der Waals surface area (Å²) >= 11 is 0. The molecule has 0 amide bonds. The number of carbonyl (C=O) groups is 1. The first-order valence-electron chi connectivity index (χ1n) is 14.5. The van der Waals surface area contributed by atoms with Crippen LogP contribution in [0, 0.1) is 0 Å². The lowest BCUT2D eigenvalue weighted by atomic mass is 9.70. The van der Waals surface area contributed by atoms with Crippen LogP contribution in [0.15, 0.2) is 36.4 Å². The Morgan fingerprint density at radius 2 is 0.854 bits per heavy atom. The van der Waals surface area contributed by atoms with E-state index in [1.165, 1.54) is 0 Å². The second kappa shape index (κ2) is 11.8. The first kappa shape index (κ1) is 38.4. The van der Waals surface area contributed by atoms with E-state index in [-0.39, 0.29) is 33.2 Å². The quantitative estimate of drug-likeness (QED) is 0.222. The van der Waals surface area contributed by atoms with Gasteiger partial charge in [0.15, 0.2) is 5.78 Å². The van der Waals surface area contributed by atoms with Crippen LogP contribution in [0.4, 0.5) is 26.3 Å². The zero-order valence-electron chi connectivity index (χ0n) is 27.3. The number of ketones is 1. The number of hydrogen-bond acceptors (Lipinski definition) is 9. The van der Waals surface area contributed by atoms with Crippen LogP contribution >= 0.6 is 0 Å². The fourth-order valence-corrected chi connectivity index (χ4v) is 6.46. The van der Waals surface area contributed by atoms with Crippen molar-refractivity contribution < 1.29 is 66.6 Å². The molecule has 2 aromatic rings. The van der Waals surface area contributed by atoms with Gasteiger partial charge in [-0.05, 0) is 77.4 Å². The predicted octanol–water partition coefficient (Wildman–Crippen LogP) is 4.39. The summed E-state index contributed by atoms with van der Waals surface area (Å²) in [6, 6.07) is 6.34. The molecular weight excluding hydrogens is 692 g/mol. The zero-order chi connectivity index (χ0) is 36.7. The molecule has 2 heterocycles. The lowest BCUT2D eigenvalue weighted by molar-refractivity contribution is -0.0443. The zero-order valence-corrected chi connectivity index (χ0v) is 28.9. The second-order valence-corrected chi connectivity index (χ2v) is 17.7. The Kier molecular flexibility index (Phi) is 9.45. The average Bonchev–Trinajstić information content (AvgIpc) is 3.25. The molecule has 0 aliphatic carbocycles. The third-order valence-corrected chi connectivity index (χ3v) is 12.0. The summed E-state index contributed by atoms with van der Waals surface area (Å²) in [7, 11) is -14.0. The van der Waals surface area contributed by atoms with E-state index in [1.807, 2.05) is 0 Å². The number of halogens is 6. The van der Waals surface area contributed by atoms with Crippen molar-refractivity contribution in [3.63, 3.8) is 0 Å². The maximum atomic E-state index is 14.3. The van der Waals surface area contributed by atoms with Gasteiger partial charge in [-0.3, -0.25) is 4.79 Å². The standard InChI is InChI=1S/C29H34B2F6O9S2/c1-24(2)25(3,4)44-30(43-24)21-13-17(15-47(39,40)28(32,33)34)9-11-19(21)23(38)20-12-10-18(16-48(41,42)29(35,36)37)14-22(20)31-45-26(5,6)27(7,8)46-31/h9-14H,15-16H2,1-8H3. The van der Waals surface area contributed by atoms with Gasteiger partial charge in [0.2, 0.25) is 0 Å². The molecule has 2 aliphatic heterocycles. The molecule has 0 bridgehead atoms. The molecule has 0 aromatic heterocycles. The number of rotatable bonds is 8. The van der Waals surface area contributed by atoms with Gasteiger partial charge in [-0.25, -0.2) is 16.8 Å². The van der Waals surface area contributed by atoms with Gasteiger partial charge >= 0.3 is 25.3 Å². The third kappa shape index (κ3) is 7.08. The Morgan fingerprint density at radius 3 is 1.10 bits per heavy atom. The maximum absolute atomic E-state index is 14.3. The molecule has 9 nitrogen and oxygen atoms in total. The molecule has 2 fully saturated rings. The first-order valence-corrected chi connectivity index (χ1v) is 17.8. The van der Waals surface area contributed by atoms with Gasteiger partial charge in [0, 0.05) is 11.1 Å². The number of hydrogen-bond donors (Lipinski definition) is 0. The molecule has 2 saturated heterocycles. The van der Waals surface area contributed by atoms with E-state index in [9.17, 15) is 48.0 Å². The molecule has 0 saturated carbocycles. The third-order valence-electron chi connectivity index (χ3n) is 9.15. The second-order valence-electron chi connectivity index (χ2n) is 13.8. The van der Waals surface area contributed by atoms with E-state index in [4.69, 9.17) is 18.6 Å². The van der Waals surface area contributed by atoms with Crippen LogP contribution in [-0.4, -0.2) is 70.3 Å². The Balaban J connectivity index is 1.89. The van der Waals surface area contributed by atoms with Gasteiger partial charge in [-0.15, -0.1) is 0 Å². The van der Waals surface area contributed by atoms with Crippen molar-refractivity contribution in [1.82, 2.24) is 0 Å². The normalized spacial score (nSPS) is 20.7. The van der Waals surface area contributed by atoms with Crippen LogP contribution in [0.1, 0.15) is 82.4 Å². The van der Waals surface area contributed by atoms with E-state index in [1.54, 1.807) is 55.4 Å².